The predicted octanol–water partition coefficient (Wildman–Crippen LogP) is 3.76. The van der Waals surface area contributed by atoms with Crippen molar-refractivity contribution in [3.8, 4) is 0 Å². The van der Waals surface area contributed by atoms with Crippen molar-refractivity contribution in [3.63, 3.8) is 0 Å². The lowest BCUT2D eigenvalue weighted by molar-refractivity contribution is 0.496. The second kappa shape index (κ2) is 4.83. The highest BCUT2D eigenvalue weighted by molar-refractivity contribution is 5.78. The summed E-state index contributed by atoms with van der Waals surface area (Å²) in [5.74, 6) is -4.01. The van der Waals surface area contributed by atoms with E-state index in [9.17, 15) is 13.2 Å². The van der Waals surface area contributed by atoms with E-state index >= 15 is 0 Å². The molecule has 1 aromatic heterocycles. The Hall–Kier alpha value is -1.78. The average molecular weight is 228 g/mol. The van der Waals surface area contributed by atoms with Crippen LogP contribution >= 0.6 is 0 Å². The standard InChI is InChI=1S/C11H11F3N2/c1-4-8(9-5-15-16-7(9)3)11(14)10(13)6(2)12/h4-5H,1H2,2-3H3,(H,15,16)/b10-6-,11-8-. The van der Waals surface area contributed by atoms with E-state index in [2.05, 4.69) is 16.8 Å². The van der Waals surface area contributed by atoms with Crippen molar-refractivity contribution in [2.75, 3.05) is 0 Å². The fourth-order valence-corrected chi connectivity index (χ4v) is 1.21. The van der Waals surface area contributed by atoms with Crippen LogP contribution in [0.25, 0.3) is 5.57 Å². The molecule has 0 bridgehead atoms. The van der Waals surface area contributed by atoms with Gasteiger partial charge in [0.05, 0.1) is 6.20 Å². The lowest BCUT2D eigenvalue weighted by Gasteiger charge is -2.02. The molecule has 0 aliphatic heterocycles. The predicted molar refractivity (Wildman–Crippen MR) is 56.5 cm³/mol. The Morgan fingerprint density at radius 3 is 2.38 bits per heavy atom. The summed E-state index contributed by atoms with van der Waals surface area (Å²) in [5, 5.41) is 6.25. The number of rotatable bonds is 3. The van der Waals surface area contributed by atoms with Crippen molar-refractivity contribution in [1.29, 1.82) is 0 Å². The molecule has 5 heteroatoms. The Morgan fingerprint density at radius 1 is 1.38 bits per heavy atom. The lowest BCUT2D eigenvalue weighted by Crippen LogP contribution is -1.88. The van der Waals surface area contributed by atoms with E-state index in [1.54, 1.807) is 6.92 Å². The molecule has 0 aliphatic rings. The van der Waals surface area contributed by atoms with Gasteiger partial charge in [-0.1, -0.05) is 12.7 Å². The smallest absolute Gasteiger partial charge is 0.190 e. The molecule has 1 heterocycles. The first kappa shape index (κ1) is 12.3. The summed E-state index contributed by atoms with van der Waals surface area (Å²) in [6.07, 6.45) is 2.45. The van der Waals surface area contributed by atoms with E-state index < -0.39 is 17.5 Å². The minimum atomic E-state index is -1.52. The number of halogens is 3. The Labute approximate surface area is 91.2 Å². The zero-order valence-corrected chi connectivity index (χ0v) is 8.94. The van der Waals surface area contributed by atoms with Gasteiger partial charge in [-0.05, 0) is 13.8 Å². The normalized spacial score (nSPS) is 14.3. The van der Waals surface area contributed by atoms with Gasteiger partial charge >= 0.3 is 0 Å². The SMILES string of the molecule is C=C/C(=C(F)\C(F)=C(/C)F)c1cn[nH]c1C. The van der Waals surface area contributed by atoms with Crippen LogP contribution in [0.2, 0.25) is 0 Å². The molecular weight excluding hydrogens is 217 g/mol. The monoisotopic (exact) mass is 228 g/mol. The van der Waals surface area contributed by atoms with Crippen molar-refractivity contribution in [2.24, 2.45) is 0 Å². The maximum Gasteiger partial charge on any atom is 0.190 e. The first-order chi connectivity index (χ1) is 7.49. The van der Waals surface area contributed by atoms with E-state index in [0.717, 1.165) is 13.0 Å². The van der Waals surface area contributed by atoms with Crippen LogP contribution < -0.4 is 0 Å². The molecule has 0 aliphatic carbocycles. The first-order valence-electron chi connectivity index (χ1n) is 4.53. The van der Waals surface area contributed by atoms with Crippen molar-refractivity contribution >= 4 is 5.57 Å². The maximum atomic E-state index is 13.5. The molecule has 2 nitrogen and oxygen atoms in total. The van der Waals surface area contributed by atoms with Crippen LogP contribution in [0.3, 0.4) is 0 Å². The molecule has 1 aromatic rings. The minimum Gasteiger partial charge on any atom is -0.282 e. The van der Waals surface area contributed by atoms with E-state index in [4.69, 9.17) is 0 Å². The first-order valence-corrected chi connectivity index (χ1v) is 4.53. The third-order valence-electron chi connectivity index (χ3n) is 2.06. The second-order valence-corrected chi connectivity index (χ2v) is 3.19. The van der Waals surface area contributed by atoms with Gasteiger partial charge < -0.3 is 0 Å². The van der Waals surface area contributed by atoms with E-state index in [0.29, 0.717) is 11.3 Å². The highest BCUT2D eigenvalue weighted by Crippen LogP contribution is 2.29. The van der Waals surface area contributed by atoms with E-state index in [1.165, 1.54) is 6.20 Å². The van der Waals surface area contributed by atoms with Crippen LogP contribution in [0.4, 0.5) is 13.2 Å². The minimum absolute atomic E-state index is 0.124. The number of aromatic nitrogens is 2. The van der Waals surface area contributed by atoms with Gasteiger partial charge in [0.15, 0.2) is 11.7 Å². The summed E-state index contributed by atoms with van der Waals surface area (Å²) < 4.78 is 39.2. The van der Waals surface area contributed by atoms with Crippen LogP contribution in [-0.2, 0) is 0 Å². The van der Waals surface area contributed by atoms with Crippen molar-refractivity contribution in [1.82, 2.24) is 10.2 Å². The fourth-order valence-electron chi connectivity index (χ4n) is 1.21. The number of nitrogens with zero attached hydrogens (tertiary/aromatic N) is 1. The summed E-state index contributed by atoms with van der Waals surface area (Å²) in [4.78, 5) is 0. The molecule has 86 valence electrons. The Morgan fingerprint density at radius 2 is 2.00 bits per heavy atom. The summed E-state index contributed by atoms with van der Waals surface area (Å²) in [5.41, 5.74) is 0.777. The quantitative estimate of drug-likeness (QED) is 0.784. The van der Waals surface area contributed by atoms with Gasteiger partial charge in [0, 0.05) is 16.8 Å². The molecule has 0 unspecified atom stereocenters. The molecule has 0 amide bonds. The van der Waals surface area contributed by atoms with Gasteiger partial charge in [-0.15, -0.1) is 0 Å². The molecule has 1 rings (SSSR count). The van der Waals surface area contributed by atoms with Crippen LogP contribution in [-0.4, -0.2) is 10.2 Å². The van der Waals surface area contributed by atoms with Crippen molar-refractivity contribution < 1.29 is 13.2 Å². The van der Waals surface area contributed by atoms with Gasteiger partial charge in [-0.3, -0.25) is 5.10 Å². The Bertz CT molecular complexity index is 465. The topological polar surface area (TPSA) is 28.7 Å². The summed E-state index contributed by atoms with van der Waals surface area (Å²) in [6.45, 7) is 5.86. The molecule has 0 aromatic carbocycles. The number of allylic oxidation sites excluding steroid dienone is 5. The molecular formula is C11H11F3N2. The maximum absolute atomic E-state index is 13.5. The largest absolute Gasteiger partial charge is 0.282 e. The number of hydrogen-bond donors (Lipinski definition) is 1. The van der Waals surface area contributed by atoms with Crippen molar-refractivity contribution in [3.05, 3.63) is 47.6 Å². The van der Waals surface area contributed by atoms with E-state index in [1.807, 2.05) is 0 Å². The third kappa shape index (κ3) is 2.24. The van der Waals surface area contributed by atoms with Crippen LogP contribution in [0.15, 0.2) is 36.3 Å². The van der Waals surface area contributed by atoms with Crippen molar-refractivity contribution in [2.45, 2.75) is 13.8 Å². The zero-order valence-electron chi connectivity index (χ0n) is 8.94. The number of H-pyrrole nitrogens is 1. The number of aryl methyl sites for hydroxylation is 1. The number of hydrogen-bond acceptors (Lipinski definition) is 1. The van der Waals surface area contributed by atoms with Gasteiger partial charge in [0.25, 0.3) is 0 Å². The summed E-state index contributed by atoms with van der Waals surface area (Å²) in [6, 6.07) is 0. The third-order valence-corrected chi connectivity index (χ3v) is 2.06. The molecule has 1 N–H and O–H groups in total. The molecule has 0 fully saturated rings. The van der Waals surface area contributed by atoms with Gasteiger partial charge in [0.2, 0.25) is 0 Å². The fraction of sp³-hybridized carbons (Fsp3) is 0.182. The average Bonchev–Trinajstić information content (AvgIpc) is 2.65. The number of nitrogens with one attached hydrogen (secondary N) is 1. The summed E-state index contributed by atoms with van der Waals surface area (Å²) >= 11 is 0. The molecule has 0 atom stereocenters. The van der Waals surface area contributed by atoms with Crippen LogP contribution in [0, 0.1) is 6.92 Å². The Kier molecular flexibility index (Phi) is 3.71. The highest BCUT2D eigenvalue weighted by atomic mass is 19.2. The zero-order chi connectivity index (χ0) is 12.3. The highest BCUT2D eigenvalue weighted by Gasteiger charge is 2.16. The molecule has 0 saturated heterocycles. The van der Waals surface area contributed by atoms with E-state index in [-0.39, 0.29) is 5.57 Å². The van der Waals surface area contributed by atoms with Gasteiger partial charge in [-0.25, -0.2) is 13.2 Å². The van der Waals surface area contributed by atoms with Gasteiger partial charge in [-0.2, -0.15) is 5.10 Å². The van der Waals surface area contributed by atoms with Crippen LogP contribution in [0.5, 0.6) is 0 Å². The molecule has 16 heavy (non-hydrogen) atoms. The molecule has 0 spiro atoms. The Balaban J connectivity index is 3.38. The molecule has 0 saturated carbocycles. The second-order valence-electron chi connectivity index (χ2n) is 3.19. The van der Waals surface area contributed by atoms with Crippen LogP contribution in [0.1, 0.15) is 18.2 Å². The lowest BCUT2D eigenvalue weighted by atomic mass is 10.1. The van der Waals surface area contributed by atoms with Gasteiger partial charge in [0.1, 0.15) is 5.83 Å². The molecule has 0 radical (unpaired) electrons. The number of aromatic amines is 1. The summed E-state index contributed by atoms with van der Waals surface area (Å²) in [7, 11) is 0.